The van der Waals surface area contributed by atoms with Crippen molar-refractivity contribution >= 4 is 23.0 Å². The molecule has 1 aromatic heterocycles. The van der Waals surface area contributed by atoms with Gasteiger partial charge in [0.2, 0.25) is 0 Å². The van der Waals surface area contributed by atoms with Gasteiger partial charge < -0.3 is 11.1 Å². The third-order valence-corrected chi connectivity index (χ3v) is 3.86. The fourth-order valence-electron chi connectivity index (χ4n) is 1.75. The Bertz CT molecular complexity index is 555. The molecule has 19 heavy (non-hydrogen) atoms. The first-order valence-corrected chi connectivity index (χ1v) is 7.25. The van der Waals surface area contributed by atoms with Crippen molar-refractivity contribution in [3.63, 3.8) is 0 Å². The summed E-state index contributed by atoms with van der Waals surface area (Å²) in [6.07, 6.45) is 1.04. The second kappa shape index (κ2) is 6.38. The molecule has 0 amide bonds. The second-order valence-electron chi connectivity index (χ2n) is 4.47. The zero-order valence-corrected chi connectivity index (χ0v) is 12.1. The number of aryl methyl sites for hydroxylation is 2. The van der Waals surface area contributed by atoms with E-state index in [9.17, 15) is 0 Å². The van der Waals surface area contributed by atoms with Crippen LogP contribution in [0.1, 0.15) is 22.9 Å². The summed E-state index contributed by atoms with van der Waals surface area (Å²) in [5.74, 6) is 0.454. The molecule has 0 saturated carbocycles. The minimum absolute atomic E-state index is 0.454. The molecular formula is C15H19N3S. The van der Waals surface area contributed by atoms with E-state index in [-0.39, 0.29) is 0 Å². The van der Waals surface area contributed by atoms with E-state index in [0.717, 1.165) is 12.1 Å². The van der Waals surface area contributed by atoms with E-state index >= 15 is 0 Å². The normalized spacial score (nSPS) is 11.6. The van der Waals surface area contributed by atoms with Crippen molar-refractivity contribution in [1.29, 1.82) is 0 Å². The lowest BCUT2D eigenvalue weighted by molar-refractivity contribution is 1.09. The highest BCUT2D eigenvalue weighted by atomic mass is 32.1. The van der Waals surface area contributed by atoms with Crippen molar-refractivity contribution in [3.05, 3.63) is 51.7 Å². The van der Waals surface area contributed by atoms with Gasteiger partial charge in [-0.15, -0.1) is 11.3 Å². The minimum atomic E-state index is 0.454. The van der Waals surface area contributed by atoms with Crippen LogP contribution in [-0.4, -0.2) is 5.96 Å². The zero-order valence-electron chi connectivity index (χ0n) is 11.3. The van der Waals surface area contributed by atoms with Crippen LogP contribution < -0.4 is 11.1 Å². The summed E-state index contributed by atoms with van der Waals surface area (Å²) in [5.41, 5.74) is 9.44. The molecule has 100 valence electrons. The minimum Gasteiger partial charge on any atom is -0.370 e. The van der Waals surface area contributed by atoms with Crippen LogP contribution in [0.5, 0.6) is 0 Å². The Hall–Kier alpha value is -1.81. The number of rotatable bonds is 4. The van der Waals surface area contributed by atoms with Gasteiger partial charge in [0.05, 0.1) is 6.54 Å². The first-order chi connectivity index (χ1) is 9.17. The fraction of sp³-hybridized carbons (Fsp3) is 0.267. The first-order valence-electron chi connectivity index (χ1n) is 6.37. The Kier molecular flexibility index (Phi) is 4.58. The number of benzene rings is 1. The van der Waals surface area contributed by atoms with Gasteiger partial charge in [-0.1, -0.05) is 19.1 Å². The summed E-state index contributed by atoms with van der Waals surface area (Å²) in [6, 6.07) is 10.4. The van der Waals surface area contributed by atoms with Gasteiger partial charge in [0.1, 0.15) is 0 Å². The van der Waals surface area contributed by atoms with Gasteiger partial charge in [0, 0.05) is 10.6 Å². The van der Waals surface area contributed by atoms with Crippen molar-refractivity contribution in [2.24, 2.45) is 10.7 Å². The summed E-state index contributed by atoms with van der Waals surface area (Å²) in [7, 11) is 0. The Morgan fingerprint density at radius 2 is 2.05 bits per heavy atom. The number of nitrogens with two attached hydrogens (primary N) is 1. The van der Waals surface area contributed by atoms with E-state index < -0.39 is 0 Å². The molecule has 0 aliphatic carbocycles. The monoisotopic (exact) mass is 273 g/mol. The third-order valence-electron chi connectivity index (χ3n) is 2.82. The van der Waals surface area contributed by atoms with E-state index in [4.69, 9.17) is 5.73 Å². The topological polar surface area (TPSA) is 50.4 Å². The highest BCUT2D eigenvalue weighted by Crippen LogP contribution is 2.14. The van der Waals surface area contributed by atoms with Gasteiger partial charge in [-0.25, -0.2) is 4.99 Å². The lowest BCUT2D eigenvalue weighted by Gasteiger charge is -2.06. The Labute approximate surface area is 118 Å². The lowest BCUT2D eigenvalue weighted by Crippen LogP contribution is -2.22. The van der Waals surface area contributed by atoms with E-state index in [2.05, 4.69) is 47.7 Å². The van der Waals surface area contributed by atoms with Crippen LogP contribution in [0.2, 0.25) is 0 Å². The molecule has 0 unspecified atom stereocenters. The van der Waals surface area contributed by atoms with Crippen LogP contribution in [0, 0.1) is 6.92 Å². The Balaban J connectivity index is 1.93. The van der Waals surface area contributed by atoms with Crippen molar-refractivity contribution < 1.29 is 0 Å². The van der Waals surface area contributed by atoms with E-state index in [1.807, 2.05) is 12.1 Å². The Morgan fingerprint density at radius 3 is 2.63 bits per heavy atom. The molecule has 0 saturated heterocycles. The maximum Gasteiger partial charge on any atom is 0.193 e. The van der Waals surface area contributed by atoms with Crippen molar-refractivity contribution in [2.45, 2.75) is 26.8 Å². The average molecular weight is 273 g/mol. The molecule has 0 aliphatic rings. The number of nitrogens with zero attached hydrogens (tertiary/aromatic N) is 1. The summed E-state index contributed by atoms with van der Waals surface area (Å²) in [4.78, 5) is 5.56. The van der Waals surface area contributed by atoms with Gasteiger partial charge in [-0.05, 0) is 48.1 Å². The van der Waals surface area contributed by atoms with Crippen LogP contribution >= 0.6 is 11.3 Å². The molecule has 1 heterocycles. The molecule has 0 fully saturated rings. The number of thiophene rings is 1. The van der Waals surface area contributed by atoms with Crippen LogP contribution in [-0.2, 0) is 13.0 Å². The van der Waals surface area contributed by atoms with Gasteiger partial charge in [0.25, 0.3) is 0 Å². The maximum absolute atomic E-state index is 5.87. The number of hydrogen-bond donors (Lipinski definition) is 2. The predicted octanol–water partition coefficient (Wildman–Crippen LogP) is 3.55. The molecule has 3 N–H and O–H groups in total. The quantitative estimate of drug-likeness (QED) is 0.661. The fourth-order valence-corrected chi connectivity index (χ4v) is 2.55. The van der Waals surface area contributed by atoms with Gasteiger partial charge >= 0.3 is 0 Å². The molecule has 2 aromatic rings. The van der Waals surface area contributed by atoms with Crippen LogP contribution in [0.25, 0.3) is 0 Å². The van der Waals surface area contributed by atoms with E-state index in [0.29, 0.717) is 12.5 Å². The number of guanidine groups is 1. The number of nitrogens with one attached hydrogen (secondary N) is 1. The molecule has 3 nitrogen and oxygen atoms in total. The molecule has 0 radical (unpaired) electrons. The molecule has 4 heteroatoms. The summed E-state index contributed by atoms with van der Waals surface area (Å²) < 4.78 is 0. The van der Waals surface area contributed by atoms with E-state index in [1.54, 1.807) is 11.3 Å². The predicted molar refractivity (Wildman–Crippen MR) is 83.8 cm³/mol. The van der Waals surface area contributed by atoms with Crippen LogP contribution in [0.15, 0.2) is 40.7 Å². The number of aliphatic imine (C=N–C) groups is 1. The average Bonchev–Trinajstić information content (AvgIpc) is 2.83. The molecule has 1 aromatic carbocycles. The molecular weight excluding hydrogens is 254 g/mol. The summed E-state index contributed by atoms with van der Waals surface area (Å²) in [6.45, 7) is 4.85. The summed E-state index contributed by atoms with van der Waals surface area (Å²) >= 11 is 1.71. The molecule has 2 rings (SSSR count). The molecule has 0 aliphatic heterocycles. The van der Waals surface area contributed by atoms with Crippen LogP contribution in [0.3, 0.4) is 0 Å². The van der Waals surface area contributed by atoms with Crippen molar-refractivity contribution in [3.8, 4) is 0 Å². The third kappa shape index (κ3) is 4.10. The highest BCUT2D eigenvalue weighted by molar-refractivity contribution is 7.10. The van der Waals surface area contributed by atoms with Crippen LogP contribution in [0.4, 0.5) is 5.69 Å². The maximum atomic E-state index is 5.87. The SMILES string of the molecule is CCc1ccc(NC(N)=NCc2cc(C)cs2)cc1. The van der Waals surface area contributed by atoms with Gasteiger partial charge in [-0.2, -0.15) is 0 Å². The molecule has 0 spiro atoms. The Morgan fingerprint density at radius 1 is 1.32 bits per heavy atom. The number of anilines is 1. The second-order valence-corrected chi connectivity index (χ2v) is 5.46. The van der Waals surface area contributed by atoms with Crippen molar-refractivity contribution in [2.75, 3.05) is 5.32 Å². The highest BCUT2D eigenvalue weighted by Gasteiger charge is 1.98. The summed E-state index contributed by atoms with van der Waals surface area (Å²) in [5, 5.41) is 5.23. The standard InChI is InChI=1S/C15H19N3S/c1-3-12-4-6-13(7-5-12)18-15(16)17-9-14-8-11(2)10-19-14/h4-8,10H,3,9H2,1-2H3,(H3,16,17,18). The molecule has 0 atom stereocenters. The number of hydrogen-bond acceptors (Lipinski definition) is 2. The van der Waals surface area contributed by atoms with Gasteiger partial charge in [-0.3, -0.25) is 0 Å². The lowest BCUT2D eigenvalue weighted by atomic mass is 10.1. The molecule has 0 bridgehead atoms. The van der Waals surface area contributed by atoms with Gasteiger partial charge in [0.15, 0.2) is 5.96 Å². The zero-order chi connectivity index (χ0) is 13.7. The first kappa shape index (κ1) is 13.6. The van der Waals surface area contributed by atoms with E-state index in [1.165, 1.54) is 16.0 Å². The largest absolute Gasteiger partial charge is 0.370 e. The van der Waals surface area contributed by atoms with Crippen molar-refractivity contribution in [1.82, 2.24) is 0 Å². The smallest absolute Gasteiger partial charge is 0.193 e.